The van der Waals surface area contributed by atoms with Crippen LogP contribution in [0.25, 0.3) is 10.8 Å². The fourth-order valence-electron chi connectivity index (χ4n) is 4.66. The lowest BCUT2D eigenvalue weighted by molar-refractivity contribution is 0.329. The molecule has 0 spiro atoms. The van der Waals surface area contributed by atoms with Gasteiger partial charge in [0.05, 0.1) is 6.61 Å². The van der Waals surface area contributed by atoms with Crippen LogP contribution >= 0.6 is 11.8 Å². The first kappa shape index (κ1) is 21.1. The van der Waals surface area contributed by atoms with Crippen LogP contribution < -0.4 is 4.74 Å². The Hall–Kier alpha value is -2.79. The molecule has 0 amide bonds. The standard InChI is InChI=1S/C27H29N3OS/c1-3-13-23(14-4-1)30-26(20-22-12-9-11-21-10-7-8-17-25(21)22)28-29-27(30)32-19-18-31-24-15-5-2-6-16-24/h2,5-12,15-17,23H,1,3-4,13-14,18-20H2. The van der Waals surface area contributed by atoms with E-state index in [-0.39, 0.29) is 0 Å². The number of fused-ring (bicyclic) bond motifs is 1. The number of ether oxygens (including phenoxy) is 1. The first-order valence-electron chi connectivity index (χ1n) is 11.6. The summed E-state index contributed by atoms with van der Waals surface area (Å²) in [4.78, 5) is 0. The molecule has 0 atom stereocenters. The smallest absolute Gasteiger partial charge is 0.191 e. The minimum atomic E-state index is 0.501. The minimum Gasteiger partial charge on any atom is -0.493 e. The summed E-state index contributed by atoms with van der Waals surface area (Å²) in [5.41, 5.74) is 1.32. The summed E-state index contributed by atoms with van der Waals surface area (Å²) in [5, 5.41) is 12.9. The molecule has 5 rings (SSSR count). The third kappa shape index (κ3) is 4.83. The van der Waals surface area contributed by atoms with E-state index in [2.05, 4.69) is 57.2 Å². The third-order valence-corrected chi connectivity index (χ3v) is 7.14. The van der Waals surface area contributed by atoms with Gasteiger partial charge in [0.2, 0.25) is 0 Å². The van der Waals surface area contributed by atoms with E-state index in [0.29, 0.717) is 12.6 Å². The Labute approximate surface area is 194 Å². The average molecular weight is 444 g/mol. The van der Waals surface area contributed by atoms with Gasteiger partial charge in [-0.2, -0.15) is 0 Å². The van der Waals surface area contributed by atoms with E-state index in [1.165, 1.54) is 48.4 Å². The van der Waals surface area contributed by atoms with E-state index < -0.39 is 0 Å². The number of para-hydroxylation sites is 1. The van der Waals surface area contributed by atoms with Crippen molar-refractivity contribution in [2.24, 2.45) is 0 Å². The highest BCUT2D eigenvalue weighted by molar-refractivity contribution is 7.99. The number of thioether (sulfide) groups is 1. The quantitative estimate of drug-likeness (QED) is 0.224. The van der Waals surface area contributed by atoms with Crippen LogP contribution in [0.1, 0.15) is 49.5 Å². The molecule has 1 aromatic heterocycles. The van der Waals surface area contributed by atoms with Crippen molar-refractivity contribution >= 4 is 22.5 Å². The van der Waals surface area contributed by atoms with Gasteiger partial charge >= 0.3 is 0 Å². The predicted molar refractivity (Wildman–Crippen MR) is 132 cm³/mol. The molecular weight excluding hydrogens is 414 g/mol. The number of hydrogen-bond acceptors (Lipinski definition) is 4. The SMILES string of the molecule is c1ccc(OCCSc2nnc(Cc3cccc4ccccc34)n2C2CCCCC2)cc1. The van der Waals surface area contributed by atoms with Gasteiger partial charge in [-0.1, -0.05) is 91.7 Å². The molecule has 3 aromatic carbocycles. The highest BCUT2D eigenvalue weighted by Gasteiger charge is 2.23. The fraction of sp³-hybridized carbons (Fsp3) is 0.333. The van der Waals surface area contributed by atoms with Crippen LogP contribution in [0.5, 0.6) is 5.75 Å². The van der Waals surface area contributed by atoms with Gasteiger partial charge in [-0.05, 0) is 41.3 Å². The van der Waals surface area contributed by atoms with Crippen LogP contribution in [-0.4, -0.2) is 27.1 Å². The maximum Gasteiger partial charge on any atom is 0.191 e. The molecule has 0 N–H and O–H groups in total. The summed E-state index contributed by atoms with van der Waals surface area (Å²) in [6.07, 6.45) is 7.16. The van der Waals surface area contributed by atoms with Crippen molar-refractivity contribution in [3.63, 3.8) is 0 Å². The molecule has 4 nitrogen and oxygen atoms in total. The zero-order chi connectivity index (χ0) is 21.6. The number of benzene rings is 3. The lowest BCUT2D eigenvalue weighted by Gasteiger charge is -2.25. The first-order valence-corrected chi connectivity index (χ1v) is 12.6. The van der Waals surface area contributed by atoms with Crippen LogP contribution in [0.3, 0.4) is 0 Å². The Morgan fingerprint density at radius 1 is 0.844 bits per heavy atom. The summed E-state index contributed by atoms with van der Waals surface area (Å²) in [6.45, 7) is 0.658. The molecule has 164 valence electrons. The van der Waals surface area contributed by atoms with Gasteiger partial charge in [-0.3, -0.25) is 0 Å². The molecule has 0 saturated heterocycles. The summed E-state index contributed by atoms with van der Waals surface area (Å²) in [5.74, 6) is 2.85. The van der Waals surface area contributed by atoms with Gasteiger partial charge in [0.25, 0.3) is 0 Å². The van der Waals surface area contributed by atoms with E-state index in [0.717, 1.165) is 28.9 Å². The zero-order valence-electron chi connectivity index (χ0n) is 18.3. The Morgan fingerprint density at radius 2 is 1.62 bits per heavy atom. The maximum atomic E-state index is 5.89. The highest BCUT2D eigenvalue weighted by atomic mass is 32.2. The summed E-state index contributed by atoms with van der Waals surface area (Å²) < 4.78 is 8.32. The van der Waals surface area contributed by atoms with Crippen LogP contribution in [0.2, 0.25) is 0 Å². The molecule has 0 bridgehead atoms. The second-order valence-electron chi connectivity index (χ2n) is 8.39. The monoisotopic (exact) mass is 443 g/mol. The Kier molecular flexibility index (Phi) is 6.73. The first-order chi connectivity index (χ1) is 15.9. The molecule has 1 saturated carbocycles. The molecule has 4 aromatic rings. The minimum absolute atomic E-state index is 0.501. The Bertz CT molecular complexity index is 1150. The predicted octanol–water partition coefficient (Wildman–Crippen LogP) is 6.70. The average Bonchev–Trinajstić information content (AvgIpc) is 3.25. The summed E-state index contributed by atoms with van der Waals surface area (Å²) in [6, 6.07) is 25.7. The van der Waals surface area contributed by atoms with Crippen LogP contribution in [0.15, 0.2) is 78.0 Å². The van der Waals surface area contributed by atoms with Gasteiger partial charge in [-0.25, -0.2) is 0 Å². The highest BCUT2D eigenvalue weighted by Crippen LogP contribution is 2.33. The molecule has 32 heavy (non-hydrogen) atoms. The van der Waals surface area contributed by atoms with Crippen LogP contribution in [-0.2, 0) is 6.42 Å². The van der Waals surface area contributed by atoms with Crippen molar-refractivity contribution in [2.45, 2.75) is 49.7 Å². The van der Waals surface area contributed by atoms with Crippen molar-refractivity contribution in [3.05, 3.63) is 84.2 Å². The van der Waals surface area contributed by atoms with Crippen molar-refractivity contribution in [2.75, 3.05) is 12.4 Å². The summed E-state index contributed by atoms with van der Waals surface area (Å²) in [7, 11) is 0. The lowest BCUT2D eigenvalue weighted by Crippen LogP contribution is -2.17. The Morgan fingerprint density at radius 3 is 2.50 bits per heavy atom. The van der Waals surface area contributed by atoms with E-state index in [1.807, 2.05) is 30.3 Å². The molecule has 1 heterocycles. The van der Waals surface area contributed by atoms with Crippen molar-refractivity contribution < 1.29 is 4.74 Å². The number of rotatable bonds is 8. The number of hydrogen-bond donors (Lipinski definition) is 0. The van der Waals surface area contributed by atoms with Crippen LogP contribution in [0, 0.1) is 0 Å². The van der Waals surface area contributed by atoms with Gasteiger partial charge in [0, 0.05) is 18.2 Å². The second kappa shape index (κ2) is 10.2. The molecular formula is C27H29N3OS. The lowest BCUT2D eigenvalue weighted by atomic mass is 9.95. The van der Waals surface area contributed by atoms with E-state index >= 15 is 0 Å². The maximum absolute atomic E-state index is 5.89. The second-order valence-corrected chi connectivity index (χ2v) is 9.45. The zero-order valence-corrected chi connectivity index (χ0v) is 19.1. The van der Waals surface area contributed by atoms with E-state index in [9.17, 15) is 0 Å². The number of aromatic nitrogens is 3. The van der Waals surface area contributed by atoms with Gasteiger partial charge in [0.15, 0.2) is 5.16 Å². The molecule has 1 aliphatic rings. The van der Waals surface area contributed by atoms with E-state index in [4.69, 9.17) is 4.74 Å². The van der Waals surface area contributed by atoms with Crippen molar-refractivity contribution in [3.8, 4) is 5.75 Å². The molecule has 0 aliphatic heterocycles. The normalized spacial score (nSPS) is 14.6. The molecule has 0 unspecified atom stereocenters. The molecule has 1 fully saturated rings. The van der Waals surface area contributed by atoms with Gasteiger partial charge in [-0.15, -0.1) is 10.2 Å². The summed E-state index contributed by atoms with van der Waals surface area (Å²) >= 11 is 1.76. The van der Waals surface area contributed by atoms with Crippen molar-refractivity contribution in [1.82, 2.24) is 14.8 Å². The van der Waals surface area contributed by atoms with Crippen LogP contribution in [0.4, 0.5) is 0 Å². The van der Waals surface area contributed by atoms with Gasteiger partial charge < -0.3 is 9.30 Å². The molecule has 0 radical (unpaired) electrons. The third-order valence-electron chi connectivity index (χ3n) is 6.23. The van der Waals surface area contributed by atoms with E-state index in [1.54, 1.807) is 11.8 Å². The van der Waals surface area contributed by atoms with Crippen molar-refractivity contribution in [1.29, 1.82) is 0 Å². The largest absolute Gasteiger partial charge is 0.493 e. The topological polar surface area (TPSA) is 39.9 Å². The fourth-order valence-corrected chi connectivity index (χ4v) is 5.50. The number of nitrogens with zero attached hydrogens (tertiary/aromatic N) is 3. The molecule has 1 aliphatic carbocycles. The molecule has 5 heteroatoms. The van der Waals surface area contributed by atoms with Gasteiger partial charge in [0.1, 0.15) is 11.6 Å². The Balaban J connectivity index is 1.35.